The molecule has 2 aromatic heterocycles. The highest BCUT2D eigenvalue weighted by Gasteiger charge is 2.35. The van der Waals surface area contributed by atoms with Gasteiger partial charge >= 0.3 is 0 Å². The molecule has 1 atom stereocenters. The van der Waals surface area contributed by atoms with Crippen molar-refractivity contribution >= 4 is 5.91 Å². The van der Waals surface area contributed by atoms with Gasteiger partial charge < -0.3 is 9.47 Å². The molecule has 7 heteroatoms. The van der Waals surface area contributed by atoms with E-state index in [0.717, 1.165) is 50.4 Å². The predicted molar refractivity (Wildman–Crippen MR) is 82.6 cm³/mol. The van der Waals surface area contributed by atoms with Gasteiger partial charge in [-0.3, -0.25) is 9.78 Å². The molecule has 0 spiro atoms. The molecule has 4 rings (SSSR count). The van der Waals surface area contributed by atoms with E-state index in [2.05, 4.69) is 24.7 Å². The lowest BCUT2D eigenvalue weighted by molar-refractivity contribution is 0.0720. The van der Waals surface area contributed by atoms with Crippen molar-refractivity contribution in [2.24, 2.45) is 0 Å². The summed E-state index contributed by atoms with van der Waals surface area (Å²) in [7, 11) is 0. The van der Waals surface area contributed by atoms with Crippen LogP contribution in [0.1, 0.15) is 60.3 Å². The number of carbonyl (C=O) groups is 1. The summed E-state index contributed by atoms with van der Waals surface area (Å²) in [6.45, 7) is 1.70. The summed E-state index contributed by atoms with van der Waals surface area (Å²) >= 11 is 0. The molecule has 0 N–H and O–H groups in total. The van der Waals surface area contributed by atoms with Gasteiger partial charge in [-0.05, 0) is 25.7 Å². The van der Waals surface area contributed by atoms with Crippen LogP contribution in [0.25, 0.3) is 0 Å². The monoisotopic (exact) mass is 312 g/mol. The molecular formula is C16H20N6O. The second-order valence-corrected chi connectivity index (χ2v) is 6.18. The van der Waals surface area contributed by atoms with Gasteiger partial charge in [0, 0.05) is 31.9 Å². The van der Waals surface area contributed by atoms with Crippen LogP contribution >= 0.6 is 0 Å². The summed E-state index contributed by atoms with van der Waals surface area (Å²) in [5, 5.41) is 8.81. The first-order chi connectivity index (χ1) is 11.3. The average Bonchev–Trinajstić information content (AvgIpc) is 3.16. The van der Waals surface area contributed by atoms with E-state index in [-0.39, 0.29) is 11.9 Å². The molecule has 120 valence electrons. The third kappa shape index (κ3) is 2.60. The van der Waals surface area contributed by atoms with E-state index in [1.54, 1.807) is 12.4 Å². The number of rotatable bonds is 2. The maximum Gasteiger partial charge on any atom is 0.274 e. The van der Waals surface area contributed by atoms with E-state index in [1.165, 1.54) is 19.0 Å². The minimum atomic E-state index is -0.0634. The molecular weight excluding hydrogens is 292 g/mol. The number of amides is 1. The van der Waals surface area contributed by atoms with E-state index in [9.17, 15) is 4.79 Å². The molecule has 7 nitrogen and oxygen atoms in total. The van der Waals surface area contributed by atoms with Gasteiger partial charge in [0.2, 0.25) is 0 Å². The fraction of sp³-hybridized carbons (Fsp3) is 0.562. The summed E-state index contributed by atoms with van der Waals surface area (Å²) in [6.07, 6.45) is 11.1. The largest absolute Gasteiger partial charge is 0.327 e. The molecule has 0 aromatic carbocycles. The molecule has 0 bridgehead atoms. The first-order valence-electron chi connectivity index (χ1n) is 8.33. The quantitative estimate of drug-likeness (QED) is 0.844. The number of carbonyl (C=O) groups excluding carboxylic acids is 1. The Morgan fingerprint density at radius 1 is 1.09 bits per heavy atom. The molecule has 4 heterocycles. The highest BCUT2D eigenvalue weighted by atomic mass is 16.2. The van der Waals surface area contributed by atoms with E-state index in [1.807, 2.05) is 4.90 Å². The molecule has 1 fully saturated rings. The third-order valence-electron chi connectivity index (χ3n) is 4.73. The fourth-order valence-electron chi connectivity index (χ4n) is 3.59. The molecule has 1 amide bonds. The number of hydrogen-bond acceptors (Lipinski definition) is 5. The summed E-state index contributed by atoms with van der Waals surface area (Å²) in [5.41, 5.74) is 0.398. The van der Waals surface area contributed by atoms with Crippen molar-refractivity contribution in [1.29, 1.82) is 0 Å². The van der Waals surface area contributed by atoms with Crippen LogP contribution in [0.4, 0.5) is 0 Å². The van der Waals surface area contributed by atoms with Crippen molar-refractivity contribution in [3.05, 3.63) is 35.9 Å². The van der Waals surface area contributed by atoms with Crippen LogP contribution in [0.15, 0.2) is 18.6 Å². The standard InChI is InChI=1S/C16H20N6O/c23-16(12-11-17-7-8-18-12)21-10-4-5-13(21)15-20-19-14-6-2-1-3-9-22(14)15/h7-8,11,13H,1-6,9-10H2. The van der Waals surface area contributed by atoms with E-state index < -0.39 is 0 Å². The molecule has 2 aromatic rings. The first-order valence-corrected chi connectivity index (χ1v) is 8.33. The maximum atomic E-state index is 12.8. The number of fused-ring (bicyclic) bond motifs is 1. The molecule has 0 radical (unpaired) electrons. The predicted octanol–water partition coefficient (Wildman–Crippen LogP) is 1.77. The maximum absolute atomic E-state index is 12.8. The molecule has 23 heavy (non-hydrogen) atoms. The molecule has 2 aliphatic rings. The Kier molecular flexibility index (Phi) is 3.77. The Hall–Kier alpha value is -2.31. The SMILES string of the molecule is O=C(c1cnccn1)N1CCCC1c1nnc2n1CCCCC2. The van der Waals surface area contributed by atoms with Crippen LogP contribution in [0.3, 0.4) is 0 Å². The van der Waals surface area contributed by atoms with Gasteiger partial charge in [-0.25, -0.2) is 4.98 Å². The Labute approximate surface area is 134 Å². The molecule has 0 saturated carbocycles. The Bertz CT molecular complexity index is 698. The number of likely N-dealkylation sites (tertiary alicyclic amines) is 1. The van der Waals surface area contributed by atoms with Crippen molar-refractivity contribution in [3.63, 3.8) is 0 Å². The van der Waals surface area contributed by atoms with Crippen molar-refractivity contribution in [2.75, 3.05) is 6.54 Å². The Morgan fingerprint density at radius 3 is 2.91 bits per heavy atom. The lowest BCUT2D eigenvalue weighted by atomic mass is 10.2. The zero-order chi connectivity index (χ0) is 15.6. The Balaban J connectivity index is 1.64. The first kappa shape index (κ1) is 14.3. The van der Waals surface area contributed by atoms with E-state index in [4.69, 9.17) is 0 Å². The minimum absolute atomic E-state index is 0.00357. The number of nitrogens with zero attached hydrogens (tertiary/aromatic N) is 6. The van der Waals surface area contributed by atoms with Gasteiger partial charge in [-0.15, -0.1) is 10.2 Å². The van der Waals surface area contributed by atoms with E-state index in [0.29, 0.717) is 5.69 Å². The van der Waals surface area contributed by atoms with Gasteiger partial charge in [0.15, 0.2) is 5.82 Å². The van der Waals surface area contributed by atoms with E-state index >= 15 is 0 Å². The van der Waals surface area contributed by atoms with Crippen molar-refractivity contribution in [3.8, 4) is 0 Å². The van der Waals surface area contributed by atoms with Gasteiger partial charge in [-0.1, -0.05) is 6.42 Å². The highest BCUT2D eigenvalue weighted by molar-refractivity contribution is 5.92. The fourth-order valence-corrected chi connectivity index (χ4v) is 3.59. The summed E-state index contributed by atoms with van der Waals surface area (Å²) in [6, 6.07) is 0.00357. The topological polar surface area (TPSA) is 76.8 Å². The number of aromatic nitrogens is 5. The van der Waals surface area contributed by atoms with Crippen molar-refractivity contribution in [1.82, 2.24) is 29.6 Å². The molecule has 2 aliphatic heterocycles. The Morgan fingerprint density at radius 2 is 2.04 bits per heavy atom. The van der Waals surface area contributed by atoms with Crippen LogP contribution in [-0.2, 0) is 13.0 Å². The second kappa shape index (κ2) is 6.06. The smallest absolute Gasteiger partial charge is 0.274 e. The lowest BCUT2D eigenvalue weighted by Gasteiger charge is -2.24. The molecule has 1 unspecified atom stereocenters. The van der Waals surface area contributed by atoms with Crippen LogP contribution in [0.2, 0.25) is 0 Å². The summed E-state index contributed by atoms with van der Waals surface area (Å²) < 4.78 is 2.24. The zero-order valence-electron chi connectivity index (χ0n) is 13.1. The lowest BCUT2D eigenvalue weighted by Crippen LogP contribution is -2.32. The van der Waals surface area contributed by atoms with Crippen molar-refractivity contribution < 1.29 is 4.79 Å². The van der Waals surface area contributed by atoms with Gasteiger partial charge in [0.1, 0.15) is 11.5 Å². The van der Waals surface area contributed by atoms with Crippen LogP contribution < -0.4 is 0 Å². The molecule has 1 saturated heterocycles. The summed E-state index contributed by atoms with van der Waals surface area (Å²) in [5.74, 6) is 1.94. The third-order valence-corrected chi connectivity index (χ3v) is 4.73. The molecule has 0 aliphatic carbocycles. The normalized spacial score (nSPS) is 21.0. The van der Waals surface area contributed by atoms with Crippen molar-refractivity contribution in [2.45, 2.75) is 51.1 Å². The second-order valence-electron chi connectivity index (χ2n) is 6.18. The van der Waals surface area contributed by atoms with Gasteiger partial charge in [-0.2, -0.15) is 0 Å². The average molecular weight is 312 g/mol. The van der Waals surface area contributed by atoms with Gasteiger partial charge in [0.05, 0.1) is 12.2 Å². The van der Waals surface area contributed by atoms with Gasteiger partial charge in [0.25, 0.3) is 5.91 Å². The van der Waals surface area contributed by atoms with Crippen LogP contribution in [0, 0.1) is 0 Å². The van der Waals surface area contributed by atoms with Crippen LogP contribution in [-0.4, -0.2) is 42.1 Å². The summed E-state index contributed by atoms with van der Waals surface area (Å²) in [4.78, 5) is 22.8. The number of aryl methyl sites for hydroxylation is 1. The highest BCUT2D eigenvalue weighted by Crippen LogP contribution is 2.33. The van der Waals surface area contributed by atoms with Crippen LogP contribution in [0.5, 0.6) is 0 Å². The minimum Gasteiger partial charge on any atom is -0.327 e. The number of hydrogen-bond donors (Lipinski definition) is 0. The zero-order valence-corrected chi connectivity index (χ0v) is 13.1.